The number of rotatable bonds is 4. The second-order valence-corrected chi connectivity index (χ2v) is 7.59. The van der Waals surface area contributed by atoms with Crippen LogP contribution in [0, 0.1) is 0 Å². The van der Waals surface area contributed by atoms with E-state index >= 15 is 0 Å². The molecule has 24 heavy (non-hydrogen) atoms. The van der Waals surface area contributed by atoms with E-state index in [-0.39, 0.29) is 12.0 Å². The monoisotopic (exact) mass is 375 g/mol. The van der Waals surface area contributed by atoms with Gasteiger partial charge in [-0.05, 0) is 18.6 Å². The van der Waals surface area contributed by atoms with Crippen LogP contribution < -0.4 is 15.2 Å². The summed E-state index contributed by atoms with van der Waals surface area (Å²) in [4.78, 5) is 11.2. The molecule has 1 aromatic rings. The number of nitrogens with two attached hydrogens (primary N) is 1. The fourth-order valence-electron chi connectivity index (χ4n) is 2.36. The minimum atomic E-state index is -3.54. The summed E-state index contributed by atoms with van der Waals surface area (Å²) >= 11 is 4.25. The van der Waals surface area contributed by atoms with Gasteiger partial charge >= 0.3 is 5.97 Å². The second-order valence-electron chi connectivity index (χ2n) is 5.48. The highest BCUT2D eigenvalue weighted by atomic mass is 32.2. The van der Waals surface area contributed by atoms with Gasteiger partial charge in [-0.25, -0.2) is 14.7 Å². The van der Waals surface area contributed by atoms with Gasteiger partial charge in [-0.2, -0.15) is 21.0 Å². The first-order valence-corrected chi connectivity index (χ1v) is 9.37. The molecule has 134 valence electrons. The molecule has 1 fully saturated rings. The summed E-state index contributed by atoms with van der Waals surface area (Å²) in [5.74, 6) is -0.332. The van der Waals surface area contributed by atoms with Crippen molar-refractivity contribution in [1.29, 1.82) is 0 Å². The van der Waals surface area contributed by atoms with Crippen LogP contribution in [0.4, 0.5) is 0 Å². The lowest BCUT2D eigenvalue weighted by Gasteiger charge is -2.11. The van der Waals surface area contributed by atoms with Crippen molar-refractivity contribution in [1.82, 2.24) is 10.0 Å². The molecule has 3 heterocycles. The van der Waals surface area contributed by atoms with Gasteiger partial charge in [-0.15, -0.1) is 0 Å². The average Bonchev–Trinajstić information content (AvgIpc) is 2.82. The number of carbonyl (C=O) groups is 1. The molecule has 1 saturated heterocycles. The number of methoxy groups -OCH3 is 1. The van der Waals surface area contributed by atoms with E-state index in [1.54, 1.807) is 12.1 Å². The SMILES string of the molecule is COC1OC(=O)c2ccc1cc2.NS(=O)(=O)NCC1CC(S)CN1. The molecular weight excluding hydrogens is 354 g/mol. The molecule has 0 aliphatic carbocycles. The molecule has 0 amide bonds. The Labute approximate surface area is 146 Å². The third kappa shape index (κ3) is 5.72. The van der Waals surface area contributed by atoms with Gasteiger partial charge in [0.05, 0.1) is 5.56 Å². The molecule has 3 aliphatic rings. The fraction of sp³-hybridized carbons (Fsp3) is 0.500. The lowest BCUT2D eigenvalue weighted by Crippen LogP contribution is -2.40. The standard InChI is InChI=1S/C9H8O3.C5H13N3O2S2/c1-11-9-7-4-2-6(3-5-7)8(10)12-9;6-12(9,10)8-2-4-1-5(11)3-7-4/h2-5,9H,1H3;4-5,7-8,11H,1-3H2,(H2,6,9,10). The van der Waals surface area contributed by atoms with Crippen molar-refractivity contribution in [3.8, 4) is 0 Å². The van der Waals surface area contributed by atoms with E-state index in [1.165, 1.54) is 7.11 Å². The summed E-state index contributed by atoms with van der Waals surface area (Å²) in [5, 5.41) is 8.20. The third-order valence-electron chi connectivity index (χ3n) is 3.58. The number of ether oxygens (including phenoxy) is 2. The van der Waals surface area contributed by atoms with Crippen LogP contribution >= 0.6 is 12.6 Å². The number of hydrogen-bond donors (Lipinski definition) is 4. The van der Waals surface area contributed by atoms with Crippen LogP contribution in [0.2, 0.25) is 0 Å². The average molecular weight is 375 g/mol. The first-order valence-electron chi connectivity index (χ1n) is 7.31. The predicted molar refractivity (Wildman–Crippen MR) is 91.9 cm³/mol. The van der Waals surface area contributed by atoms with Crippen LogP contribution in [0.15, 0.2) is 24.3 Å². The van der Waals surface area contributed by atoms with E-state index < -0.39 is 16.5 Å². The van der Waals surface area contributed by atoms with Crippen molar-refractivity contribution in [3.63, 3.8) is 0 Å². The van der Waals surface area contributed by atoms with Crippen LogP contribution in [-0.2, 0) is 19.7 Å². The molecule has 3 atom stereocenters. The van der Waals surface area contributed by atoms with Gasteiger partial charge in [0.1, 0.15) is 0 Å². The van der Waals surface area contributed by atoms with Crippen LogP contribution in [0.5, 0.6) is 0 Å². The van der Waals surface area contributed by atoms with Gasteiger partial charge in [0, 0.05) is 37.1 Å². The lowest BCUT2D eigenvalue weighted by atomic mass is 10.2. The van der Waals surface area contributed by atoms with Gasteiger partial charge in [-0.3, -0.25) is 0 Å². The highest BCUT2D eigenvalue weighted by Crippen LogP contribution is 2.24. The zero-order chi connectivity index (χ0) is 17.7. The molecule has 0 spiro atoms. The fourth-order valence-corrected chi connectivity index (χ4v) is 3.16. The molecular formula is C14H21N3O5S2. The van der Waals surface area contributed by atoms with Gasteiger partial charge < -0.3 is 14.8 Å². The van der Waals surface area contributed by atoms with Crippen molar-refractivity contribution in [2.24, 2.45) is 5.14 Å². The number of carbonyl (C=O) groups excluding carboxylic acids is 1. The largest absolute Gasteiger partial charge is 0.428 e. The maximum absolute atomic E-state index is 11.2. The quantitative estimate of drug-likeness (QED) is 0.432. The first kappa shape index (κ1) is 19.2. The lowest BCUT2D eigenvalue weighted by molar-refractivity contribution is -0.0913. The topological polar surface area (TPSA) is 120 Å². The summed E-state index contributed by atoms with van der Waals surface area (Å²) in [5.41, 5.74) is 1.44. The number of fused-ring (bicyclic) bond motifs is 4. The van der Waals surface area contributed by atoms with Crippen molar-refractivity contribution in [2.75, 3.05) is 20.2 Å². The van der Waals surface area contributed by atoms with Gasteiger partial charge in [0.25, 0.3) is 10.2 Å². The van der Waals surface area contributed by atoms with Crippen molar-refractivity contribution >= 4 is 28.8 Å². The summed E-state index contributed by atoms with van der Waals surface area (Å²) in [6.07, 6.45) is 0.316. The number of esters is 1. The van der Waals surface area contributed by atoms with E-state index in [9.17, 15) is 13.2 Å². The van der Waals surface area contributed by atoms with Crippen LogP contribution in [0.25, 0.3) is 0 Å². The van der Waals surface area contributed by atoms with Gasteiger partial charge in [0.2, 0.25) is 6.29 Å². The Balaban J connectivity index is 0.000000174. The smallest absolute Gasteiger partial charge is 0.340 e. The minimum absolute atomic E-state index is 0.158. The van der Waals surface area contributed by atoms with Crippen molar-refractivity contribution in [2.45, 2.75) is 24.0 Å². The molecule has 3 aliphatic heterocycles. The van der Waals surface area contributed by atoms with Gasteiger partial charge in [0.15, 0.2) is 0 Å². The Morgan fingerprint density at radius 2 is 2.08 bits per heavy atom. The van der Waals surface area contributed by atoms with E-state index in [0.29, 0.717) is 17.4 Å². The minimum Gasteiger partial charge on any atom is -0.428 e. The van der Waals surface area contributed by atoms with Gasteiger partial charge in [-0.1, -0.05) is 12.1 Å². The number of nitrogens with one attached hydrogen (secondary N) is 2. The molecule has 0 aromatic heterocycles. The summed E-state index contributed by atoms with van der Waals surface area (Å²) < 4.78 is 33.2. The molecule has 0 saturated carbocycles. The van der Waals surface area contributed by atoms with Crippen LogP contribution in [0.3, 0.4) is 0 Å². The predicted octanol–water partition coefficient (Wildman–Crippen LogP) is -0.0582. The maximum atomic E-state index is 11.2. The first-order chi connectivity index (χ1) is 11.3. The zero-order valence-electron chi connectivity index (χ0n) is 13.1. The van der Waals surface area contributed by atoms with E-state index in [4.69, 9.17) is 14.6 Å². The molecule has 1 aromatic carbocycles. The number of benzene rings is 1. The highest BCUT2D eigenvalue weighted by molar-refractivity contribution is 7.87. The number of thiol groups is 1. The third-order valence-corrected chi connectivity index (χ3v) is 4.54. The molecule has 4 N–H and O–H groups in total. The molecule has 4 rings (SSSR count). The Morgan fingerprint density at radius 3 is 2.58 bits per heavy atom. The molecule has 3 unspecified atom stereocenters. The molecule has 10 heteroatoms. The molecule has 2 bridgehead atoms. The van der Waals surface area contributed by atoms with E-state index in [2.05, 4.69) is 22.7 Å². The highest BCUT2D eigenvalue weighted by Gasteiger charge is 2.22. The Bertz CT molecular complexity index is 665. The maximum Gasteiger partial charge on any atom is 0.340 e. The van der Waals surface area contributed by atoms with Crippen molar-refractivity contribution in [3.05, 3.63) is 35.4 Å². The Kier molecular flexibility index (Phi) is 6.61. The summed E-state index contributed by atoms with van der Waals surface area (Å²) in [6.45, 7) is 1.16. The van der Waals surface area contributed by atoms with E-state index in [1.807, 2.05) is 12.1 Å². The summed E-state index contributed by atoms with van der Waals surface area (Å²) in [7, 11) is -2.03. The van der Waals surface area contributed by atoms with Crippen molar-refractivity contribution < 1.29 is 22.7 Å². The second kappa shape index (κ2) is 8.28. The zero-order valence-corrected chi connectivity index (χ0v) is 14.8. The summed E-state index contributed by atoms with van der Waals surface area (Å²) in [6, 6.07) is 7.28. The van der Waals surface area contributed by atoms with Crippen LogP contribution in [0.1, 0.15) is 28.6 Å². The normalized spacial score (nSPS) is 25.6. The Morgan fingerprint density at radius 1 is 1.42 bits per heavy atom. The number of hydrogen-bond acceptors (Lipinski definition) is 7. The van der Waals surface area contributed by atoms with E-state index in [0.717, 1.165) is 18.5 Å². The van der Waals surface area contributed by atoms with Crippen LogP contribution in [-0.4, -0.2) is 45.9 Å². The molecule has 0 radical (unpaired) electrons. The molecule has 8 nitrogen and oxygen atoms in total. The Hall–Kier alpha value is -1.17.